The molecule has 0 aromatic heterocycles. The second-order valence-corrected chi connectivity index (χ2v) is 5.52. The average Bonchev–Trinajstić information content (AvgIpc) is 2.46. The molecule has 2 rings (SSSR count). The second-order valence-electron chi connectivity index (χ2n) is 5.52. The highest BCUT2D eigenvalue weighted by Crippen LogP contribution is 2.34. The molecule has 0 fully saturated rings. The van der Waals surface area contributed by atoms with Crippen molar-refractivity contribution in [3.05, 3.63) is 53.6 Å². The van der Waals surface area contributed by atoms with Crippen LogP contribution in [0.2, 0.25) is 0 Å². The Kier molecular flexibility index (Phi) is 4.33. The molecule has 0 aliphatic carbocycles. The average molecular weight is 268 g/mol. The molecule has 0 unspecified atom stereocenters. The Morgan fingerprint density at radius 3 is 2.20 bits per heavy atom. The Bertz CT molecular complexity index is 570. The van der Waals surface area contributed by atoms with Gasteiger partial charge in [0.2, 0.25) is 0 Å². The maximum absolute atomic E-state index is 3.16. The molecular weight excluding hydrogens is 244 g/mol. The Labute approximate surface area is 122 Å². The van der Waals surface area contributed by atoms with Gasteiger partial charge in [-0.05, 0) is 48.2 Å². The molecule has 20 heavy (non-hydrogen) atoms. The monoisotopic (exact) mass is 268 g/mol. The molecule has 2 aromatic carbocycles. The van der Waals surface area contributed by atoms with Crippen molar-refractivity contribution in [3.63, 3.8) is 0 Å². The van der Waals surface area contributed by atoms with Gasteiger partial charge in [-0.25, -0.2) is 0 Å². The first-order valence-electron chi connectivity index (χ1n) is 7.15. The molecule has 2 aromatic rings. The number of benzene rings is 2. The molecule has 0 saturated carbocycles. The van der Waals surface area contributed by atoms with E-state index in [4.69, 9.17) is 0 Å². The minimum absolute atomic E-state index is 0.518. The Hall–Kier alpha value is -1.96. The summed E-state index contributed by atoms with van der Waals surface area (Å²) in [6.45, 7) is 6.67. The standard InChI is InChI=1S/C18H24N2/c1-13(2)17-8-6-7-14(3)18(17)20(5)16-11-9-15(19-4)10-12-16/h6-13,19H,1-5H3. The fraction of sp³-hybridized carbons (Fsp3) is 0.333. The van der Waals surface area contributed by atoms with Gasteiger partial charge in [0.05, 0.1) is 0 Å². The van der Waals surface area contributed by atoms with E-state index >= 15 is 0 Å². The van der Waals surface area contributed by atoms with E-state index in [0.29, 0.717) is 5.92 Å². The van der Waals surface area contributed by atoms with E-state index in [1.54, 1.807) is 0 Å². The summed E-state index contributed by atoms with van der Waals surface area (Å²) in [5.74, 6) is 0.518. The lowest BCUT2D eigenvalue weighted by Gasteiger charge is -2.26. The molecule has 1 N–H and O–H groups in total. The third-order valence-corrected chi connectivity index (χ3v) is 3.77. The normalized spacial score (nSPS) is 10.7. The van der Waals surface area contributed by atoms with Gasteiger partial charge in [-0.15, -0.1) is 0 Å². The highest BCUT2D eigenvalue weighted by Gasteiger charge is 2.14. The summed E-state index contributed by atoms with van der Waals surface area (Å²) in [5, 5.41) is 3.16. The summed E-state index contributed by atoms with van der Waals surface area (Å²) in [5.41, 5.74) is 6.37. The largest absolute Gasteiger partial charge is 0.388 e. The van der Waals surface area contributed by atoms with E-state index in [-0.39, 0.29) is 0 Å². The molecule has 0 heterocycles. The maximum atomic E-state index is 3.16. The molecular formula is C18H24N2. The van der Waals surface area contributed by atoms with Crippen molar-refractivity contribution in [2.45, 2.75) is 26.7 Å². The van der Waals surface area contributed by atoms with Crippen LogP contribution >= 0.6 is 0 Å². The van der Waals surface area contributed by atoms with Crippen LogP contribution in [0.3, 0.4) is 0 Å². The fourth-order valence-corrected chi connectivity index (χ4v) is 2.59. The van der Waals surface area contributed by atoms with Crippen LogP contribution in [0.4, 0.5) is 17.1 Å². The summed E-state index contributed by atoms with van der Waals surface area (Å²) in [6, 6.07) is 15.1. The summed E-state index contributed by atoms with van der Waals surface area (Å²) >= 11 is 0. The van der Waals surface area contributed by atoms with Crippen molar-refractivity contribution in [3.8, 4) is 0 Å². The third-order valence-electron chi connectivity index (χ3n) is 3.77. The van der Waals surface area contributed by atoms with Gasteiger partial charge in [0.1, 0.15) is 0 Å². The van der Waals surface area contributed by atoms with Gasteiger partial charge >= 0.3 is 0 Å². The SMILES string of the molecule is CNc1ccc(N(C)c2c(C)cccc2C(C)C)cc1. The van der Waals surface area contributed by atoms with Crippen LogP contribution in [-0.2, 0) is 0 Å². The van der Waals surface area contributed by atoms with Crippen molar-refractivity contribution < 1.29 is 0 Å². The van der Waals surface area contributed by atoms with Crippen LogP contribution in [0.1, 0.15) is 30.9 Å². The number of aryl methyl sites for hydroxylation is 1. The van der Waals surface area contributed by atoms with E-state index in [1.807, 2.05) is 7.05 Å². The molecule has 0 spiro atoms. The van der Waals surface area contributed by atoms with Crippen molar-refractivity contribution in [2.24, 2.45) is 0 Å². The van der Waals surface area contributed by atoms with E-state index in [1.165, 1.54) is 22.5 Å². The summed E-state index contributed by atoms with van der Waals surface area (Å²) in [7, 11) is 4.08. The van der Waals surface area contributed by atoms with Gasteiger partial charge in [-0.2, -0.15) is 0 Å². The molecule has 0 atom stereocenters. The van der Waals surface area contributed by atoms with Gasteiger partial charge in [0, 0.05) is 31.2 Å². The van der Waals surface area contributed by atoms with Crippen LogP contribution in [0, 0.1) is 6.92 Å². The predicted molar refractivity (Wildman–Crippen MR) is 89.3 cm³/mol. The van der Waals surface area contributed by atoms with Gasteiger partial charge < -0.3 is 10.2 Å². The van der Waals surface area contributed by atoms with Crippen LogP contribution in [0.5, 0.6) is 0 Å². The first-order chi connectivity index (χ1) is 9.54. The lowest BCUT2D eigenvalue weighted by Crippen LogP contribution is -2.14. The third kappa shape index (κ3) is 2.79. The summed E-state index contributed by atoms with van der Waals surface area (Å²) < 4.78 is 0. The number of nitrogens with one attached hydrogen (secondary N) is 1. The number of rotatable bonds is 4. The molecule has 2 heteroatoms. The second kappa shape index (κ2) is 6.00. The highest BCUT2D eigenvalue weighted by molar-refractivity contribution is 5.70. The van der Waals surface area contributed by atoms with Crippen molar-refractivity contribution >= 4 is 17.1 Å². The van der Waals surface area contributed by atoms with Gasteiger partial charge in [-0.3, -0.25) is 0 Å². The number of anilines is 3. The molecule has 0 amide bonds. The smallest absolute Gasteiger partial charge is 0.0472 e. The predicted octanol–water partition coefficient (Wildman–Crippen LogP) is 4.93. The van der Waals surface area contributed by atoms with E-state index in [9.17, 15) is 0 Å². The topological polar surface area (TPSA) is 15.3 Å². The van der Waals surface area contributed by atoms with Crippen molar-refractivity contribution in [2.75, 3.05) is 24.3 Å². The molecule has 0 aliphatic rings. The molecule has 0 bridgehead atoms. The van der Waals surface area contributed by atoms with Gasteiger partial charge in [0.15, 0.2) is 0 Å². The minimum atomic E-state index is 0.518. The Balaban J connectivity index is 2.44. The summed E-state index contributed by atoms with van der Waals surface area (Å²) in [4.78, 5) is 2.28. The zero-order valence-electron chi connectivity index (χ0n) is 13.1. The number of para-hydroxylation sites is 1. The fourth-order valence-electron chi connectivity index (χ4n) is 2.59. The maximum Gasteiger partial charge on any atom is 0.0472 e. The lowest BCUT2D eigenvalue weighted by molar-refractivity contribution is 0.860. The zero-order chi connectivity index (χ0) is 14.7. The van der Waals surface area contributed by atoms with Crippen LogP contribution in [-0.4, -0.2) is 14.1 Å². The quantitative estimate of drug-likeness (QED) is 0.846. The van der Waals surface area contributed by atoms with E-state index < -0.39 is 0 Å². The highest BCUT2D eigenvalue weighted by atomic mass is 15.1. The van der Waals surface area contributed by atoms with Crippen LogP contribution in [0.15, 0.2) is 42.5 Å². The molecule has 2 nitrogen and oxygen atoms in total. The van der Waals surface area contributed by atoms with Gasteiger partial charge in [-0.1, -0.05) is 32.0 Å². The number of hydrogen-bond acceptors (Lipinski definition) is 2. The lowest BCUT2D eigenvalue weighted by atomic mass is 9.97. The Morgan fingerprint density at radius 1 is 1.00 bits per heavy atom. The first-order valence-corrected chi connectivity index (χ1v) is 7.15. The molecule has 0 aliphatic heterocycles. The Morgan fingerprint density at radius 2 is 1.65 bits per heavy atom. The molecule has 0 saturated heterocycles. The van der Waals surface area contributed by atoms with E-state index in [2.05, 4.69) is 80.5 Å². The zero-order valence-corrected chi connectivity index (χ0v) is 13.1. The molecule has 106 valence electrons. The van der Waals surface area contributed by atoms with Gasteiger partial charge in [0.25, 0.3) is 0 Å². The van der Waals surface area contributed by atoms with E-state index in [0.717, 1.165) is 5.69 Å². The first kappa shape index (κ1) is 14.4. The van der Waals surface area contributed by atoms with Crippen molar-refractivity contribution in [1.29, 1.82) is 0 Å². The minimum Gasteiger partial charge on any atom is -0.388 e. The van der Waals surface area contributed by atoms with Crippen molar-refractivity contribution in [1.82, 2.24) is 0 Å². The summed E-state index contributed by atoms with van der Waals surface area (Å²) in [6.07, 6.45) is 0. The molecule has 0 radical (unpaired) electrons. The number of hydrogen-bond donors (Lipinski definition) is 1. The van der Waals surface area contributed by atoms with Crippen LogP contribution < -0.4 is 10.2 Å². The van der Waals surface area contributed by atoms with Crippen LogP contribution in [0.25, 0.3) is 0 Å². The number of nitrogens with zero attached hydrogens (tertiary/aromatic N) is 1.